The van der Waals surface area contributed by atoms with Crippen LogP contribution in [0.2, 0.25) is 0 Å². The fourth-order valence-corrected chi connectivity index (χ4v) is 2.44. The highest BCUT2D eigenvalue weighted by Crippen LogP contribution is 2.43. The Morgan fingerprint density at radius 3 is 2.62 bits per heavy atom. The topological polar surface area (TPSA) is 67.8 Å². The SMILES string of the molecule is C=CC(=O)c1c(OC)cc(OC)c(C2=CCNCC2)c1O. The summed E-state index contributed by atoms with van der Waals surface area (Å²) in [5.74, 6) is 0.248. The first-order valence-corrected chi connectivity index (χ1v) is 6.68. The van der Waals surface area contributed by atoms with Crippen molar-refractivity contribution >= 4 is 11.4 Å². The van der Waals surface area contributed by atoms with Gasteiger partial charge in [-0.3, -0.25) is 4.79 Å². The maximum absolute atomic E-state index is 12.0. The number of phenolic OH excluding ortho intramolecular Hbond substituents is 1. The fourth-order valence-electron chi connectivity index (χ4n) is 2.44. The van der Waals surface area contributed by atoms with Gasteiger partial charge in [-0.05, 0) is 24.6 Å². The highest BCUT2D eigenvalue weighted by atomic mass is 16.5. The zero-order chi connectivity index (χ0) is 15.4. The molecular formula is C16H19NO4. The van der Waals surface area contributed by atoms with E-state index < -0.39 is 0 Å². The largest absolute Gasteiger partial charge is 0.506 e. The average Bonchev–Trinajstić information content (AvgIpc) is 2.53. The normalized spacial score (nSPS) is 14.3. The van der Waals surface area contributed by atoms with Gasteiger partial charge in [0.15, 0.2) is 5.78 Å². The summed E-state index contributed by atoms with van der Waals surface area (Å²) in [4.78, 5) is 12.0. The molecule has 5 heteroatoms. The van der Waals surface area contributed by atoms with Crippen molar-refractivity contribution in [2.75, 3.05) is 27.3 Å². The van der Waals surface area contributed by atoms with Crippen LogP contribution < -0.4 is 14.8 Å². The van der Waals surface area contributed by atoms with Crippen LogP contribution in [0.25, 0.3) is 5.57 Å². The van der Waals surface area contributed by atoms with Gasteiger partial charge in [0.1, 0.15) is 22.8 Å². The van der Waals surface area contributed by atoms with E-state index in [1.807, 2.05) is 6.08 Å². The van der Waals surface area contributed by atoms with E-state index in [1.165, 1.54) is 14.2 Å². The van der Waals surface area contributed by atoms with E-state index in [9.17, 15) is 9.90 Å². The van der Waals surface area contributed by atoms with Gasteiger partial charge in [0.05, 0.1) is 19.8 Å². The number of ketones is 1. The Bertz CT molecular complexity index is 605. The molecule has 2 N–H and O–H groups in total. The number of aromatic hydroxyl groups is 1. The molecule has 0 bridgehead atoms. The summed E-state index contributed by atoms with van der Waals surface area (Å²) in [6.45, 7) is 4.99. The van der Waals surface area contributed by atoms with Gasteiger partial charge in [0.25, 0.3) is 0 Å². The minimum atomic E-state index is -0.386. The second-order valence-corrected chi connectivity index (χ2v) is 4.63. The van der Waals surface area contributed by atoms with Crippen molar-refractivity contribution in [2.24, 2.45) is 0 Å². The molecule has 0 fully saturated rings. The second kappa shape index (κ2) is 6.45. The molecule has 21 heavy (non-hydrogen) atoms. The third-order valence-corrected chi connectivity index (χ3v) is 3.49. The lowest BCUT2D eigenvalue weighted by atomic mass is 9.94. The smallest absolute Gasteiger partial charge is 0.192 e. The minimum absolute atomic E-state index is 0.114. The maximum Gasteiger partial charge on any atom is 0.192 e. The van der Waals surface area contributed by atoms with Crippen LogP contribution >= 0.6 is 0 Å². The van der Waals surface area contributed by atoms with E-state index in [2.05, 4.69) is 11.9 Å². The first-order chi connectivity index (χ1) is 10.1. The summed E-state index contributed by atoms with van der Waals surface area (Å²) >= 11 is 0. The number of carbonyl (C=O) groups is 1. The molecule has 0 saturated carbocycles. The van der Waals surface area contributed by atoms with Gasteiger partial charge in [-0.25, -0.2) is 0 Å². The lowest BCUT2D eigenvalue weighted by Crippen LogP contribution is -2.20. The molecule has 112 valence electrons. The minimum Gasteiger partial charge on any atom is -0.506 e. The molecule has 2 rings (SSSR count). The molecule has 0 amide bonds. The second-order valence-electron chi connectivity index (χ2n) is 4.63. The van der Waals surface area contributed by atoms with Gasteiger partial charge in [-0.2, -0.15) is 0 Å². The quantitative estimate of drug-likeness (QED) is 0.642. The summed E-state index contributed by atoms with van der Waals surface area (Å²) in [6, 6.07) is 1.62. The number of hydrogen-bond donors (Lipinski definition) is 2. The van der Waals surface area contributed by atoms with Gasteiger partial charge in [0.2, 0.25) is 0 Å². The fraction of sp³-hybridized carbons (Fsp3) is 0.312. The lowest BCUT2D eigenvalue weighted by molar-refractivity contribution is 0.104. The molecule has 0 radical (unpaired) electrons. The molecule has 0 unspecified atom stereocenters. The van der Waals surface area contributed by atoms with Crippen LogP contribution in [0.3, 0.4) is 0 Å². The Kier molecular flexibility index (Phi) is 4.65. The molecule has 1 heterocycles. The van der Waals surface area contributed by atoms with E-state index in [0.29, 0.717) is 17.9 Å². The third-order valence-electron chi connectivity index (χ3n) is 3.49. The zero-order valence-corrected chi connectivity index (χ0v) is 12.2. The molecule has 0 atom stereocenters. The first kappa shape index (κ1) is 15.1. The summed E-state index contributed by atoms with van der Waals surface area (Å²) in [7, 11) is 2.96. The third kappa shape index (κ3) is 2.78. The molecule has 1 aromatic carbocycles. The Balaban J connectivity index is 2.70. The Labute approximate surface area is 123 Å². The molecule has 0 spiro atoms. The number of nitrogens with one attached hydrogen (secondary N) is 1. The predicted molar refractivity (Wildman–Crippen MR) is 81.2 cm³/mol. The maximum atomic E-state index is 12.0. The van der Waals surface area contributed by atoms with Gasteiger partial charge in [-0.1, -0.05) is 12.7 Å². The van der Waals surface area contributed by atoms with Gasteiger partial charge < -0.3 is 19.9 Å². The van der Waals surface area contributed by atoms with Crippen LogP contribution in [0.15, 0.2) is 24.8 Å². The van der Waals surface area contributed by atoms with Crippen molar-refractivity contribution in [3.8, 4) is 17.2 Å². The van der Waals surface area contributed by atoms with Crippen LogP contribution in [0.4, 0.5) is 0 Å². The molecule has 0 saturated heterocycles. The van der Waals surface area contributed by atoms with Crippen molar-refractivity contribution in [3.05, 3.63) is 35.9 Å². The van der Waals surface area contributed by atoms with E-state index >= 15 is 0 Å². The number of rotatable bonds is 5. The molecule has 1 aliphatic rings. The Morgan fingerprint density at radius 1 is 1.38 bits per heavy atom. The summed E-state index contributed by atoms with van der Waals surface area (Å²) < 4.78 is 10.5. The molecule has 1 aliphatic heterocycles. The monoisotopic (exact) mass is 289 g/mol. The van der Waals surface area contributed by atoms with Crippen LogP contribution in [0, 0.1) is 0 Å². The number of hydrogen-bond acceptors (Lipinski definition) is 5. The highest BCUT2D eigenvalue weighted by molar-refractivity contribution is 6.09. The van der Waals surface area contributed by atoms with E-state index in [4.69, 9.17) is 9.47 Å². The Hall–Kier alpha value is -2.27. The van der Waals surface area contributed by atoms with Gasteiger partial charge >= 0.3 is 0 Å². The molecule has 0 aromatic heterocycles. The summed E-state index contributed by atoms with van der Waals surface area (Å²) in [6.07, 6.45) is 3.89. The van der Waals surface area contributed by atoms with Crippen molar-refractivity contribution < 1.29 is 19.4 Å². The van der Waals surface area contributed by atoms with Crippen LogP contribution in [0.5, 0.6) is 17.2 Å². The van der Waals surface area contributed by atoms with Crippen molar-refractivity contribution in [1.82, 2.24) is 5.32 Å². The average molecular weight is 289 g/mol. The molecular weight excluding hydrogens is 270 g/mol. The molecule has 0 aliphatic carbocycles. The first-order valence-electron chi connectivity index (χ1n) is 6.68. The summed E-state index contributed by atoms with van der Waals surface area (Å²) in [5, 5.41) is 13.8. The number of allylic oxidation sites excluding steroid dienone is 1. The van der Waals surface area contributed by atoms with Gasteiger partial charge in [-0.15, -0.1) is 0 Å². The molecule has 1 aromatic rings. The zero-order valence-electron chi connectivity index (χ0n) is 12.2. The van der Waals surface area contributed by atoms with Crippen LogP contribution in [0.1, 0.15) is 22.3 Å². The van der Waals surface area contributed by atoms with Crippen LogP contribution in [-0.4, -0.2) is 38.2 Å². The van der Waals surface area contributed by atoms with E-state index in [0.717, 1.165) is 24.6 Å². The van der Waals surface area contributed by atoms with Gasteiger partial charge in [0, 0.05) is 12.6 Å². The van der Waals surface area contributed by atoms with Crippen molar-refractivity contribution in [1.29, 1.82) is 0 Å². The standard InChI is InChI=1S/C16H19NO4/c1-4-11(18)15-13(21-3)9-12(20-2)14(16(15)19)10-5-7-17-8-6-10/h4-5,9,17,19H,1,6-8H2,2-3H3. The van der Waals surface area contributed by atoms with E-state index in [1.54, 1.807) is 6.07 Å². The van der Waals surface area contributed by atoms with Crippen LogP contribution in [-0.2, 0) is 0 Å². The number of benzene rings is 1. The van der Waals surface area contributed by atoms with Crippen molar-refractivity contribution in [3.63, 3.8) is 0 Å². The number of ether oxygens (including phenoxy) is 2. The van der Waals surface area contributed by atoms with E-state index in [-0.39, 0.29) is 22.8 Å². The summed E-state index contributed by atoms with van der Waals surface area (Å²) in [5.41, 5.74) is 1.61. The molecule has 5 nitrogen and oxygen atoms in total. The number of carbonyl (C=O) groups excluding carboxylic acids is 1. The van der Waals surface area contributed by atoms with Crippen molar-refractivity contribution in [2.45, 2.75) is 6.42 Å². The highest BCUT2D eigenvalue weighted by Gasteiger charge is 2.25. The number of phenols is 1. The number of methoxy groups -OCH3 is 2. The Morgan fingerprint density at radius 2 is 2.10 bits per heavy atom. The lowest BCUT2D eigenvalue weighted by Gasteiger charge is -2.20. The predicted octanol–water partition coefficient (Wildman–Crippen LogP) is 2.15.